The number of halogens is 3. The molecule has 2 rings (SSSR count). The van der Waals surface area contributed by atoms with Gasteiger partial charge < -0.3 is 11.1 Å². The lowest BCUT2D eigenvalue weighted by Crippen LogP contribution is -2.07. The number of nitrogen functional groups attached to an aromatic ring is 1. The first-order chi connectivity index (χ1) is 8.86. The van der Waals surface area contributed by atoms with Gasteiger partial charge in [0.1, 0.15) is 11.5 Å². The van der Waals surface area contributed by atoms with Crippen LogP contribution in [0.4, 0.5) is 30.4 Å². The van der Waals surface area contributed by atoms with E-state index in [2.05, 4.69) is 15.3 Å². The fourth-order valence-corrected chi connectivity index (χ4v) is 1.42. The lowest BCUT2D eigenvalue weighted by molar-refractivity contribution is -0.141. The molecule has 0 radical (unpaired) electrons. The van der Waals surface area contributed by atoms with Crippen molar-refractivity contribution >= 4 is 17.2 Å². The lowest BCUT2D eigenvalue weighted by atomic mass is 10.3. The highest BCUT2D eigenvalue weighted by Crippen LogP contribution is 2.28. The van der Waals surface area contributed by atoms with E-state index in [0.717, 1.165) is 12.3 Å². The number of pyridine rings is 2. The molecule has 3 N–H and O–H groups in total. The third kappa shape index (κ3) is 3.12. The van der Waals surface area contributed by atoms with Crippen molar-refractivity contribution in [1.82, 2.24) is 9.97 Å². The number of nitrogens with two attached hydrogens (primary N) is 1. The Kier molecular flexibility index (Phi) is 3.28. The van der Waals surface area contributed by atoms with Crippen LogP contribution in [0.1, 0.15) is 11.4 Å². The van der Waals surface area contributed by atoms with Crippen LogP contribution in [0.2, 0.25) is 0 Å². The van der Waals surface area contributed by atoms with Gasteiger partial charge in [-0.15, -0.1) is 0 Å². The Morgan fingerprint density at radius 3 is 2.42 bits per heavy atom. The van der Waals surface area contributed by atoms with E-state index in [1.165, 1.54) is 6.07 Å². The molecule has 19 heavy (non-hydrogen) atoms. The predicted molar refractivity (Wildman–Crippen MR) is 65.9 cm³/mol. The number of aryl methyl sites for hydroxylation is 1. The summed E-state index contributed by atoms with van der Waals surface area (Å²) in [6, 6.07) is 5.51. The van der Waals surface area contributed by atoms with Gasteiger partial charge in [0.25, 0.3) is 0 Å². The second-order valence-corrected chi connectivity index (χ2v) is 3.93. The maximum Gasteiger partial charge on any atom is 0.433 e. The normalized spacial score (nSPS) is 11.4. The second-order valence-electron chi connectivity index (χ2n) is 3.93. The highest BCUT2D eigenvalue weighted by Gasteiger charge is 2.31. The van der Waals surface area contributed by atoms with Crippen LogP contribution in [0.15, 0.2) is 30.5 Å². The molecule has 0 saturated heterocycles. The fraction of sp³-hybridized carbons (Fsp3) is 0.167. The zero-order chi connectivity index (χ0) is 14.0. The largest absolute Gasteiger partial charge is 0.433 e. The van der Waals surface area contributed by atoms with Crippen LogP contribution >= 0.6 is 0 Å². The summed E-state index contributed by atoms with van der Waals surface area (Å²) in [4.78, 5) is 7.50. The summed E-state index contributed by atoms with van der Waals surface area (Å²) in [5.74, 6) is 0.494. The highest BCUT2D eigenvalue weighted by atomic mass is 19.4. The van der Waals surface area contributed by atoms with Crippen LogP contribution in [-0.4, -0.2) is 9.97 Å². The van der Waals surface area contributed by atoms with Crippen molar-refractivity contribution in [1.29, 1.82) is 0 Å². The van der Waals surface area contributed by atoms with Crippen molar-refractivity contribution in [2.45, 2.75) is 13.1 Å². The zero-order valence-electron chi connectivity index (χ0n) is 9.99. The molecular weight excluding hydrogens is 257 g/mol. The smallest absolute Gasteiger partial charge is 0.397 e. The molecular formula is C12H11F3N4. The molecule has 0 aliphatic heterocycles. The Hall–Kier alpha value is -2.31. The van der Waals surface area contributed by atoms with E-state index in [9.17, 15) is 13.2 Å². The average molecular weight is 268 g/mol. The topological polar surface area (TPSA) is 63.8 Å². The number of nitrogens with zero attached hydrogens (tertiary/aromatic N) is 2. The number of anilines is 3. The van der Waals surface area contributed by atoms with Crippen LogP contribution in [-0.2, 0) is 6.18 Å². The molecule has 0 amide bonds. The van der Waals surface area contributed by atoms with Crippen LogP contribution in [0.25, 0.3) is 0 Å². The van der Waals surface area contributed by atoms with Crippen LogP contribution in [0, 0.1) is 6.92 Å². The molecule has 0 fully saturated rings. The molecule has 4 nitrogen and oxygen atoms in total. The molecule has 0 unspecified atom stereocenters. The number of alkyl halides is 3. The van der Waals surface area contributed by atoms with Crippen molar-refractivity contribution in [2.75, 3.05) is 11.1 Å². The van der Waals surface area contributed by atoms with Crippen LogP contribution in [0.3, 0.4) is 0 Å². The summed E-state index contributed by atoms with van der Waals surface area (Å²) in [7, 11) is 0. The molecule has 2 aromatic rings. The molecule has 0 aromatic carbocycles. The predicted octanol–water partition coefficient (Wildman–Crippen LogP) is 3.13. The third-order valence-electron chi connectivity index (χ3n) is 2.45. The number of hydrogen-bond donors (Lipinski definition) is 2. The van der Waals surface area contributed by atoms with Gasteiger partial charge in [-0.2, -0.15) is 13.2 Å². The molecule has 0 spiro atoms. The summed E-state index contributed by atoms with van der Waals surface area (Å²) in [5, 5.41) is 2.85. The van der Waals surface area contributed by atoms with Gasteiger partial charge in [0.05, 0.1) is 23.3 Å². The molecule has 0 aliphatic carbocycles. The zero-order valence-corrected chi connectivity index (χ0v) is 9.99. The molecule has 0 atom stereocenters. The van der Waals surface area contributed by atoms with Crippen molar-refractivity contribution in [2.24, 2.45) is 0 Å². The monoisotopic (exact) mass is 268 g/mol. The van der Waals surface area contributed by atoms with Gasteiger partial charge in [0.2, 0.25) is 0 Å². The second kappa shape index (κ2) is 4.75. The van der Waals surface area contributed by atoms with E-state index in [1.807, 2.05) is 0 Å². The lowest BCUT2D eigenvalue weighted by Gasteiger charge is -2.09. The first kappa shape index (κ1) is 13.1. The van der Waals surface area contributed by atoms with Crippen molar-refractivity contribution < 1.29 is 13.2 Å². The van der Waals surface area contributed by atoms with Gasteiger partial charge in [0, 0.05) is 0 Å². The maximum absolute atomic E-state index is 12.3. The number of hydrogen-bond acceptors (Lipinski definition) is 4. The third-order valence-corrected chi connectivity index (χ3v) is 2.45. The van der Waals surface area contributed by atoms with Gasteiger partial charge >= 0.3 is 6.18 Å². The first-order valence-electron chi connectivity index (χ1n) is 5.39. The number of aromatic nitrogens is 2. The SMILES string of the molecule is Cc1nc(Nc2ccc(C(F)(F)F)nc2)ccc1N. The summed E-state index contributed by atoms with van der Waals surface area (Å²) in [6.07, 6.45) is -3.33. The summed E-state index contributed by atoms with van der Waals surface area (Å²) < 4.78 is 37.0. The molecule has 0 aliphatic rings. The molecule has 0 saturated carbocycles. The van der Waals surface area contributed by atoms with E-state index in [0.29, 0.717) is 22.9 Å². The quantitative estimate of drug-likeness (QED) is 0.878. The van der Waals surface area contributed by atoms with Crippen molar-refractivity contribution in [3.05, 3.63) is 41.9 Å². The van der Waals surface area contributed by atoms with Crippen LogP contribution in [0.5, 0.6) is 0 Å². The van der Waals surface area contributed by atoms with Crippen molar-refractivity contribution in [3.8, 4) is 0 Å². The minimum atomic E-state index is -4.44. The number of rotatable bonds is 2. The summed E-state index contributed by atoms with van der Waals surface area (Å²) in [6.45, 7) is 1.74. The molecule has 2 aromatic heterocycles. The van der Waals surface area contributed by atoms with E-state index in [4.69, 9.17) is 5.73 Å². The van der Waals surface area contributed by atoms with Gasteiger partial charge in [-0.05, 0) is 31.2 Å². The maximum atomic E-state index is 12.3. The Bertz CT molecular complexity index is 579. The Labute approximate surface area is 107 Å². The Morgan fingerprint density at radius 2 is 1.89 bits per heavy atom. The standard InChI is InChI=1S/C12H11F3N4/c1-7-9(16)3-5-11(18-7)19-8-2-4-10(17-6-8)12(13,14)15/h2-6H,16H2,1H3,(H,18,19). The average Bonchev–Trinajstić information content (AvgIpc) is 2.33. The van der Waals surface area contributed by atoms with Gasteiger partial charge in [-0.3, -0.25) is 0 Å². The van der Waals surface area contributed by atoms with Gasteiger partial charge in [-0.25, -0.2) is 9.97 Å². The van der Waals surface area contributed by atoms with E-state index < -0.39 is 11.9 Å². The van der Waals surface area contributed by atoms with E-state index >= 15 is 0 Å². The summed E-state index contributed by atoms with van der Waals surface area (Å²) in [5.41, 5.74) is 6.31. The number of nitrogens with one attached hydrogen (secondary N) is 1. The Balaban J connectivity index is 2.17. The van der Waals surface area contributed by atoms with Gasteiger partial charge in [-0.1, -0.05) is 0 Å². The molecule has 0 bridgehead atoms. The molecule has 100 valence electrons. The highest BCUT2D eigenvalue weighted by molar-refractivity contribution is 5.58. The van der Waals surface area contributed by atoms with Crippen molar-refractivity contribution in [3.63, 3.8) is 0 Å². The van der Waals surface area contributed by atoms with E-state index in [-0.39, 0.29) is 0 Å². The fourth-order valence-electron chi connectivity index (χ4n) is 1.42. The molecule has 2 heterocycles. The van der Waals surface area contributed by atoms with E-state index in [1.54, 1.807) is 19.1 Å². The van der Waals surface area contributed by atoms with Gasteiger partial charge in [0.15, 0.2) is 0 Å². The summed E-state index contributed by atoms with van der Waals surface area (Å²) >= 11 is 0. The molecule has 7 heteroatoms. The van der Waals surface area contributed by atoms with Crippen LogP contribution < -0.4 is 11.1 Å². The minimum absolute atomic E-state index is 0.421. The minimum Gasteiger partial charge on any atom is -0.397 e. The Morgan fingerprint density at radius 1 is 1.16 bits per heavy atom. The first-order valence-corrected chi connectivity index (χ1v) is 5.39.